The van der Waals surface area contributed by atoms with Crippen LogP contribution in [0.1, 0.15) is 0 Å². The molecule has 0 aliphatic carbocycles. The van der Waals surface area contributed by atoms with Crippen molar-refractivity contribution in [2.24, 2.45) is 0 Å². The fraction of sp³-hybridized carbons (Fsp3) is 0. The number of furan rings is 1. The van der Waals surface area contributed by atoms with Crippen molar-refractivity contribution in [1.29, 1.82) is 0 Å². The Kier molecular flexibility index (Phi) is 7.68. The van der Waals surface area contributed by atoms with E-state index in [1.54, 1.807) is 0 Å². The summed E-state index contributed by atoms with van der Waals surface area (Å²) in [5, 5.41) is 7.24. The first kappa shape index (κ1) is 32.3. The van der Waals surface area contributed by atoms with Gasteiger partial charge in [-0.2, -0.15) is 0 Å². The molecule has 11 rings (SSSR count). The molecular formula is C52H34N2OS. The van der Waals surface area contributed by atoms with E-state index in [2.05, 4.69) is 216 Å². The van der Waals surface area contributed by atoms with Crippen LogP contribution in [0.2, 0.25) is 0 Å². The van der Waals surface area contributed by atoms with Crippen molar-refractivity contribution in [3.05, 3.63) is 206 Å². The summed E-state index contributed by atoms with van der Waals surface area (Å²) in [7, 11) is 0. The molecule has 2 heterocycles. The van der Waals surface area contributed by atoms with Crippen molar-refractivity contribution in [2.75, 3.05) is 9.80 Å². The van der Waals surface area contributed by atoms with Crippen LogP contribution in [-0.2, 0) is 0 Å². The zero-order chi connectivity index (χ0) is 37.0. The van der Waals surface area contributed by atoms with Gasteiger partial charge in [-0.1, -0.05) is 109 Å². The molecule has 0 aliphatic rings. The van der Waals surface area contributed by atoms with Gasteiger partial charge in [0.25, 0.3) is 0 Å². The van der Waals surface area contributed by atoms with Crippen LogP contribution >= 0.6 is 11.3 Å². The fourth-order valence-corrected chi connectivity index (χ4v) is 9.25. The predicted octanol–water partition coefficient (Wildman–Crippen LogP) is 15.7. The third-order valence-electron chi connectivity index (χ3n) is 10.8. The molecule has 0 aliphatic heterocycles. The van der Waals surface area contributed by atoms with Crippen molar-refractivity contribution in [2.45, 2.75) is 0 Å². The number of rotatable bonds is 7. The lowest BCUT2D eigenvalue weighted by molar-refractivity contribution is 0.669. The molecule has 0 unspecified atom stereocenters. The molecule has 0 radical (unpaired) electrons. The Hall–Kier alpha value is -7.14. The molecule has 11 aromatic rings. The second-order valence-electron chi connectivity index (χ2n) is 14.2. The second-order valence-corrected chi connectivity index (χ2v) is 15.3. The van der Waals surface area contributed by atoms with E-state index in [1.165, 1.54) is 42.1 Å². The molecular weight excluding hydrogens is 701 g/mol. The van der Waals surface area contributed by atoms with Gasteiger partial charge in [-0.25, -0.2) is 0 Å². The Morgan fingerprint density at radius 2 is 0.857 bits per heavy atom. The minimum atomic E-state index is 0.851. The Morgan fingerprint density at radius 1 is 0.304 bits per heavy atom. The number of nitrogens with zero attached hydrogens (tertiary/aromatic N) is 2. The molecule has 0 fully saturated rings. The number of anilines is 6. The van der Waals surface area contributed by atoms with Gasteiger partial charge in [0.2, 0.25) is 0 Å². The first-order valence-corrected chi connectivity index (χ1v) is 19.7. The normalized spacial score (nSPS) is 11.6. The van der Waals surface area contributed by atoms with Gasteiger partial charge in [0.05, 0.1) is 0 Å². The highest BCUT2D eigenvalue weighted by Crippen LogP contribution is 2.44. The van der Waals surface area contributed by atoms with Crippen LogP contribution < -0.4 is 9.80 Å². The number of thiophene rings is 1. The van der Waals surface area contributed by atoms with E-state index < -0.39 is 0 Å². The molecule has 0 spiro atoms. The summed E-state index contributed by atoms with van der Waals surface area (Å²) in [4.78, 5) is 4.64. The highest BCUT2D eigenvalue weighted by molar-refractivity contribution is 7.25. The first-order chi connectivity index (χ1) is 27.7. The van der Waals surface area contributed by atoms with Crippen molar-refractivity contribution < 1.29 is 4.42 Å². The van der Waals surface area contributed by atoms with Gasteiger partial charge in [-0.15, -0.1) is 11.3 Å². The molecule has 0 saturated heterocycles. The maximum atomic E-state index is 6.60. The third kappa shape index (κ3) is 5.58. The van der Waals surface area contributed by atoms with E-state index in [-0.39, 0.29) is 0 Å². The van der Waals surface area contributed by atoms with Crippen LogP contribution in [0.15, 0.2) is 211 Å². The van der Waals surface area contributed by atoms with Gasteiger partial charge in [-0.3, -0.25) is 0 Å². The summed E-state index contributed by atoms with van der Waals surface area (Å²) in [6.45, 7) is 0. The Bertz CT molecular complexity index is 3160. The molecule has 0 atom stereocenters. The highest BCUT2D eigenvalue weighted by Gasteiger charge is 2.19. The van der Waals surface area contributed by atoms with E-state index in [4.69, 9.17) is 4.42 Å². The summed E-state index contributed by atoms with van der Waals surface area (Å²) in [6.07, 6.45) is 0. The molecule has 0 saturated carbocycles. The highest BCUT2D eigenvalue weighted by atomic mass is 32.1. The molecule has 3 nitrogen and oxygen atoms in total. The fourth-order valence-electron chi connectivity index (χ4n) is 8.11. The summed E-state index contributed by atoms with van der Waals surface area (Å²) in [6, 6.07) is 73.8. The Morgan fingerprint density at radius 3 is 1.64 bits per heavy atom. The lowest BCUT2D eigenvalue weighted by atomic mass is 10.0. The van der Waals surface area contributed by atoms with Crippen LogP contribution in [-0.4, -0.2) is 0 Å². The molecule has 0 amide bonds. The quantitative estimate of drug-likeness (QED) is 0.163. The minimum absolute atomic E-state index is 0.851. The van der Waals surface area contributed by atoms with E-state index in [0.717, 1.165) is 56.1 Å². The second kappa shape index (κ2) is 13.3. The maximum Gasteiger partial charge on any atom is 0.137 e. The molecule has 0 bridgehead atoms. The van der Waals surface area contributed by atoms with Crippen molar-refractivity contribution in [1.82, 2.24) is 0 Å². The Balaban J connectivity index is 1.03. The van der Waals surface area contributed by atoms with Crippen LogP contribution in [0.5, 0.6) is 0 Å². The summed E-state index contributed by atoms with van der Waals surface area (Å²) in [5.74, 6) is 0. The van der Waals surface area contributed by atoms with Crippen LogP contribution in [0.3, 0.4) is 0 Å². The van der Waals surface area contributed by atoms with E-state index >= 15 is 0 Å². The molecule has 264 valence electrons. The van der Waals surface area contributed by atoms with Gasteiger partial charge < -0.3 is 14.2 Å². The zero-order valence-electron chi connectivity index (χ0n) is 30.3. The monoisotopic (exact) mass is 734 g/mol. The van der Waals surface area contributed by atoms with E-state index in [1.807, 2.05) is 11.3 Å². The maximum absolute atomic E-state index is 6.60. The smallest absolute Gasteiger partial charge is 0.137 e. The van der Waals surface area contributed by atoms with Crippen molar-refractivity contribution in [3.63, 3.8) is 0 Å². The SMILES string of the molecule is c1ccc(N(c2ccccc2)c2ccc3c(c2)oc2ccc(N(c4ccc(-c5ccc6ccccc6c5)cc4)c4ccc5c(c4)sc4ccccc45)cc23)cc1. The average Bonchev–Trinajstić information content (AvgIpc) is 3.82. The van der Waals surface area contributed by atoms with Crippen LogP contribution in [0.25, 0.3) is 64.0 Å². The summed E-state index contributed by atoms with van der Waals surface area (Å²) < 4.78 is 9.17. The predicted molar refractivity (Wildman–Crippen MR) is 239 cm³/mol. The molecule has 9 aromatic carbocycles. The standard InChI is InChI=1S/C52H34N2OS/c1-3-13-39(14-4-1)53(40-15-5-2-6-16-40)43-25-28-45-48-32-42(27-30-49(48)55-50(45)33-43)54(44-26-29-47-46-17-9-10-18-51(46)56-52(47)34-44)41-23-21-36(22-24-41)38-20-19-35-11-7-8-12-37(35)31-38/h1-34H. The van der Waals surface area contributed by atoms with Crippen molar-refractivity contribution in [3.8, 4) is 11.1 Å². The first-order valence-electron chi connectivity index (χ1n) is 18.9. The molecule has 2 aromatic heterocycles. The number of para-hydroxylation sites is 2. The van der Waals surface area contributed by atoms with E-state index in [9.17, 15) is 0 Å². The zero-order valence-corrected chi connectivity index (χ0v) is 31.2. The number of fused-ring (bicyclic) bond motifs is 7. The summed E-state index contributed by atoms with van der Waals surface area (Å²) >= 11 is 1.84. The lowest BCUT2D eigenvalue weighted by Crippen LogP contribution is -2.09. The molecule has 0 N–H and O–H groups in total. The summed E-state index contributed by atoms with van der Waals surface area (Å²) in [5.41, 5.74) is 10.6. The average molecular weight is 735 g/mol. The minimum Gasteiger partial charge on any atom is -0.456 e. The molecule has 56 heavy (non-hydrogen) atoms. The van der Waals surface area contributed by atoms with Crippen LogP contribution in [0, 0.1) is 0 Å². The molecule has 4 heteroatoms. The van der Waals surface area contributed by atoms with Gasteiger partial charge in [-0.05, 0) is 113 Å². The Labute approximate surface area is 328 Å². The van der Waals surface area contributed by atoms with Gasteiger partial charge in [0, 0.05) is 71.1 Å². The lowest BCUT2D eigenvalue weighted by Gasteiger charge is -2.26. The van der Waals surface area contributed by atoms with Gasteiger partial charge in [0.1, 0.15) is 11.2 Å². The third-order valence-corrected chi connectivity index (χ3v) is 11.9. The topological polar surface area (TPSA) is 19.6 Å². The number of hydrogen-bond acceptors (Lipinski definition) is 4. The van der Waals surface area contributed by atoms with Crippen molar-refractivity contribution >= 4 is 98.3 Å². The number of benzene rings is 9. The van der Waals surface area contributed by atoms with Gasteiger partial charge >= 0.3 is 0 Å². The largest absolute Gasteiger partial charge is 0.456 e. The van der Waals surface area contributed by atoms with E-state index in [0.29, 0.717) is 0 Å². The van der Waals surface area contributed by atoms with Crippen LogP contribution in [0.4, 0.5) is 34.1 Å². The van der Waals surface area contributed by atoms with Gasteiger partial charge in [0.15, 0.2) is 0 Å². The number of hydrogen-bond donors (Lipinski definition) is 0.